The fourth-order valence-corrected chi connectivity index (χ4v) is 4.58. The lowest BCUT2D eigenvalue weighted by molar-refractivity contribution is -0.137. The third-order valence-corrected chi connectivity index (χ3v) is 5.83. The quantitative estimate of drug-likeness (QED) is 0.647. The third-order valence-electron chi connectivity index (χ3n) is 4.75. The summed E-state index contributed by atoms with van der Waals surface area (Å²) in [5, 5.41) is 12.6. The highest BCUT2D eigenvalue weighted by molar-refractivity contribution is 8.15. The Balaban J connectivity index is 1.64. The van der Waals surface area contributed by atoms with Crippen LogP contribution >= 0.6 is 11.8 Å². The van der Waals surface area contributed by atoms with Gasteiger partial charge in [-0.25, -0.2) is 0 Å². The lowest BCUT2D eigenvalue weighted by Gasteiger charge is -2.28. The normalized spacial score (nSPS) is 23.6. The molecule has 0 aromatic heterocycles. The first kappa shape index (κ1) is 23.1. The Hall–Kier alpha value is -2.62. The molecule has 1 fully saturated rings. The van der Waals surface area contributed by atoms with Crippen LogP contribution in [0, 0.1) is 5.41 Å². The third kappa shape index (κ3) is 6.19. The second kappa shape index (κ2) is 8.86. The Kier molecular flexibility index (Phi) is 6.59. The van der Waals surface area contributed by atoms with Crippen LogP contribution < -0.4 is 10.6 Å². The highest BCUT2D eigenvalue weighted by Gasteiger charge is 2.35. The molecule has 31 heavy (non-hydrogen) atoms. The van der Waals surface area contributed by atoms with Crippen molar-refractivity contribution in [3.63, 3.8) is 0 Å². The topological polar surface area (TPSA) is 82.9 Å². The van der Waals surface area contributed by atoms with Gasteiger partial charge in [0.1, 0.15) is 5.25 Å². The monoisotopic (exact) mass is 452 g/mol. The van der Waals surface area contributed by atoms with Crippen molar-refractivity contribution >= 4 is 40.1 Å². The standard InChI is InChI=1S/C21H23F3N4O2S/c1-12-8-13(11-20(2,3)10-12)27-28-19-26-18(30)16(31-19)9-17(29)25-15-7-5-4-6-14(15)21(22,23)24/h4-8,16H,9-11H2,1-3H3,(H,25,29)(H,26,28,30)/b27-13-/t16-/m0/s1. The van der Waals surface area contributed by atoms with Crippen molar-refractivity contribution in [2.24, 2.45) is 15.6 Å². The van der Waals surface area contributed by atoms with Gasteiger partial charge in [0, 0.05) is 6.42 Å². The zero-order chi connectivity index (χ0) is 22.8. The van der Waals surface area contributed by atoms with Gasteiger partial charge in [0.25, 0.3) is 0 Å². The summed E-state index contributed by atoms with van der Waals surface area (Å²) in [5.74, 6) is -1.12. The highest BCUT2D eigenvalue weighted by Crippen LogP contribution is 2.35. The Labute approximate surface area is 182 Å². The second-order valence-electron chi connectivity index (χ2n) is 8.40. The molecule has 1 heterocycles. The Morgan fingerprint density at radius 2 is 1.97 bits per heavy atom. The fraction of sp³-hybridized carbons (Fsp3) is 0.429. The molecule has 2 amide bonds. The first-order valence-corrected chi connectivity index (χ1v) is 10.6. The van der Waals surface area contributed by atoms with E-state index in [0.29, 0.717) is 0 Å². The average molecular weight is 453 g/mol. The van der Waals surface area contributed by atoms with Gasteiger partial charge in [-0.05, 0) is 43.4 Å². The lowest BCUT2D eigenvalue weighted by atomic mass is 9.77. The van der Waals surface area contributed by atoms with E-state index in [0.717, 1.165) is 36.4 Å². The van der Waals surface area contributed by atoms with Crippen molar-refractivity contribution in [1.29, 1.82) is 0 Å². The van der Waals surface area contributed by atoms with Gasteiger partial charge in [0.2, 0.25) is 11.8 Å². The molecule has 0 bridgehead atoms. The molecule has 10 heteroatoms. The molecule has 3 rings (SSSR count). The summed E-state index contributed by atoms with van der Waals surface area (Å²) < 4.78 is 39.2. The van der Waals surface area contributed by atoms with Gasteiger partial charge in [-0.3, -0.25) is 9.59 Å². The van der Waals surface area contributed by atoms with E-state index >= 15 is 0 Å². The number of para-hydroxylation sites is 1. The van der Waals surface area contributed by atoms with Crippen LogP contribution in [0.5, 0.6) is 0 Å². The lowest BCUT2D eigenvalue weighted by Crippen LogP contribution is -2.28. The van der Waals surface area contributed by atoms with E-state index in [4.69, 9.17) is 0 Å². The number of amidine groups is 1. The number of carbonyl (C=O) groups is 2. The van der Waals surface area contributed by atoms with Gasteiger partial charge in [-0.2, -0.15) is 18.3 Å². The molecular weight excluding hydrogens is 429 g/mol. The van der Waals surface area contributed by atoms with Crippen molar-refractivity contribution < 1.29 is 22.8 Å². The summed E-state index contributed by atoms with van der Waals surface area (Å²) in [6.07, 6.45) is -1.18. The van der Waals surface area contributed by atoms with Crippen LogP contribution in [0.15, 0.2) is 46.1 Å². The fourth-order valence-electron chi connectivity index (χ4n) is 3.66. The number of carbonyl (C=O) groups excluding carboxylic acids is 2. The summed E-state index contributed by atoms with van der Waals surface area (Å²) in [6, 6.07) is 4.70. The molecule has 6 nitrogen and oxygen atoms in total. The van der Waals surface area contributed by atoms with Gasteiger partial charge in [-0.15, -0.1) is 5.10 Å². The smallest absolute Gasteiger partial charge is 0.325 e. The molecule has 1 aliphatic heterocycles. The SMILES string of the molecule is CC1=C/C(=N/N=C2\NC(=O)[C@H](CC(=O)Nc3ccccc3C(F)(F)F)S2)CC(C)(C)C1. The van der Waals surface area contributed by atoms with Crippen molar-refractivity contribution in [1.82, 2.24) is 5.32 Å². The molecule has 0 spiro atoms. The molecule has 2 aliphatic rings. The molecular formula is C21H23F3N4O2S. The molecule has 0 saturated carbocycles. The van der Waals surface area contributed by atoms with Crippen LogP contribution in [-0.4, -0.2) is 27.9 Å². The van der Waals surface area contributed by atoms with E-state index in [1.807, 2.05) is 13.0 Å². The number of halogens is 3. The first-order valence-electron chi connectivity index (χ1n) is 9.68. The number of alkyl halides is 3. The molecule has 1 aromatic carbocycles. The minimum Gasteiger partial charge on any atom is -0.325 e. The van der Waals surface area contributed by atoms with Crippen molar-refractivity contribution in [2.45, 2.75) is 51.5 Å². The number of anilines is 1. The Morgan fingerprint density at radius 3 is 2.65 bits per heavy atom. The summed E-state index contributed by atoms with van der Waals surface area (Å²) in [5.41, 5.74) is 0.805. The molecule has 1 saturated heterocycles. The second-order valence-corrected chi connectivity index (χ2v) is 9.59. The first-order chi connectivity index (χ1) is 14.4. The van der Waals surface area contributed by atoms with Gasteiger partial charge < -0.3 is 10.6 Å². The van der Waals surface area contributed by atoms with Gasteiger partial charge in [0.05, 0.1) is 17.0 Å². The molecule has 0 radical (unpaired) electrons. The van der Waals surface area contributed by atoms with E-state index in [2.05, 4.69) is 34.7 Å². The summed E-state index contributed by atoms with van der Waals surface area (Å²) >= 11 is 1.04. The van der Waals surface area contributed by atoms with Crippen LogP contribution in [0.3, 0.4) is 0 Å². The van der Waals surface area contributed by atoms with E-state index in [9.17, 15) is 22.8 Å². The molecule has 0 unspecified atom stereocenters. The number of thioether (sulfide) groups is 1. The number of hydrogen-bond donors (Lipinski definition) is 2. The molecule has 2 N–H and O–H groups in total. The van der Waals surface area contributed by atoms with Gasteiger partial charge in [0.15, 0.2) is 5.17 Å². The van der Waals surface area contributed by atoms with Crippen LogP contribution in [0.25, 0.3) is 0 Å². The van der Waals surface area contributed by atoms with Crippen LogP contribution in [0.4, 0.5) is 18.9 Å². The molecule has 1 aliphatic carbocycles. The van der Waals surface area contributed by atoms with E-state index < -0.39 is 28.8 Å². The minimum absolute atomic E-state index is 0.0806. The summed E-state index contributed by atoms with van der Waals surface area (Å²) in [6.45, 7) is 6.31. The summed E-state index contributed by atoms with van der Waals surface area (Å²) in [4.78, 5) is 24.4. The van der Waals surface area contributed by atoms with Crippen molar-refractivity contribution in [2.75, 3.05) is 5.32 Å². The van der Waals surface area contributed by atoms with E-state index in [1.54, 1.807) is 0 Å². The number of nitrogens with zero attached hydrogens (tertiary/aromatic N) is 2. The van der Waals surface area contributed by atoms with E-state index in [-0.39, 0.29) is 22.7 Å². The van der Waals surface area contributed by atoms with Gasteiger partial charge in [-0.1, -0.05) is 43.3 Å². The molecule has 166 valence electrons. The maximum atomic E-state index is 13.1. The number of hydrogen-bond acceptors (Lipinski definition) is 5. The average Bonchev–Trinajstić information content (AvgIpc) is 2.97. The number of amides is 2. The van der Waals surface area contributed by atoms with Crippen LogP contribution in [0.1, 0.15) is 45.6 Å². The molecule has 1 atom stereocenters. The maximum absolute atomic E-state index is 13.1. The number of allylic oxidation sites excluding steroid dienone is 2. The predicted octanol–water partition coefficient (Wildman–Crippen LogP) is 4.74. The Bertz CT molecular complexity index is 983. The maximum Gasteiger partial charge on any atom is 0.418 e. The van der Waals surface area contributed by atoms with Crippen molar-refractivity contribution in [3.8, 4) is 0 Å². The number of rotatable bonds is 4. The zero-order valence-electron chi connectivity index (χ0n) is 17.3. The summed E-state index contributed by atoms with van der Waals surface area (Å²) in [7, 11) is 0. The van der Waals surface area contributed by atoms with Crippen LogP contribution in [0.2, 0.25) is 0 Å². The van der Waals surface area contributed by atoms with Crippen LogP contribution in [-0.2, 0) is 15.8 Å². The van der Waals surface area contributed by atoms with E-state index in [1.165, 1.54) is 23.8 Å². The minimum atomic E-state index is -4.59. The largest absolute Gasteiger partial charge is 0.418 e. The highest BCUT2D eigenvalue weighted by atomic mass is 32.2. The Morgan fingerprint density at radius 1 is 1.26 bits per heavy atom. The number of benzene rings is 1. The molecule has 1 aromatic rings. The van der Waals surface area contributed by atoms with Crippen molar-refractivity contribution in [3.05, 3.63) is 41.5 Å². The predicted molar refractivity (Wildman–Crippen MR) is 116 cm³/mol. The van der Waals surface area contributed by atoms with Gasteiger partial charge >= 0.3 is 6.18 Å². The number of nitrogens with one attached hydrogen (secondary N) is 2. The zero-order valence-corrected chi connectivity index (χ0v) is 18.2.